The summed E-state index contributed by atoms with van der Waals surface area (Å²) >= 11 is 1.55. The number of methoxy groups -OCH3 is 1. The molecule has 0 saturated carbocycles. The predicted octanol–water partition coefficient (Wildman–Crippen LogP) is 1.68. The Balaban J connectivity index is 1.56. The van der Waals surface area contributed by atoms with Crippen LogP contribution in [0.4, 0.5) is 0 Å². The Morgan fingerprint density at radius 3 is 2.97 bits per heavy atom. The predicted molar refractivity (Wildman–Crippen MR) is 109 cm³/mol. The quantitative estimate of drug-likeness (QED) is 0.650. The summed E-state index contributed by atoms with van der Waals surface area (Å²) in [5, 5.41) is 2.79. The Morgan fingerprint density at radius 1 is 1.38 bits per heavy atom. The molecule has 2 atom stereocenters. The van der Waals surface area contributed by atoms with E-state index in [9.17, 15) is 9.59 Å². The van der Waals surface area contributed by atoms with Crippen molar-refractivity contribution < 1.29 is 19.1 Å². The van der Waals surface area contributed by atoms with Crippen molar-refractivity contribution in [3.63, 3.8) is 0 Å². The number of aliphatic imine (C=N–C) groups is 1. The Labute approximate surface area is 174 Å². The maximum atomic E-state index is 12.5. The number of aromatic nitrogens is 1. The highest BCUT2D eigenvalue weighted by Crippen LogP contribution is 2.36. The number of hydrogen-bond acceptors (Lipinski definition) is 9. The zero-order chi connectivity index (χ0) is 20.4. The van der Waals surface area contributed by atoms with Gasteiger partial charge in [0.1, 0.15) is 6.04 Å². The lowest BCUT2D eigenvalue weighted by Gasteiger charge is -2.27. The van der Waals surface area contributed by atoms with Crippen LogP contribution in [0, 0.1) is 5.92 Å². The Kier molecular flexibility index (Phi) is 5.96. The molecule has 1 aromatic rings. The molecule has 0 bridgehead atoms. The summed E-state index contributed by atoms with van der Waals surface area (Å²) in [7, 11) is 1.45. The van der Waals surface area contributed by atoms with Crippen molar-refractivity contribution in [2.45, 2.75) is 32.2 Å². The highest BCUT2D eigenvalue weighted by molar-refractivity contribution is 7.11. The van der Waals surface area contributed by atoms with Gasteiger partial charge in [0.25, 0.3) is 0 Å². The van der Waals surface area contributed by atoms with E-state index in [1.54, 1.807) is 17.5 Å². The summed E-state index contributed by atoms with van der Waals surface area (Å²) < 4.78 is 10.2. The number of thiazole rings is 1. The molecule has 9 heteroatoms. The van der Waals surface area contributed by atoms with Gasteiger partial charge in [-0.3, -0.25) is 14.7 Å². The largest absolute Gasteiger partial charge is 0.468 e. The first-order valence-electron chi connectivity index (χ1n) is 10.0. The van der Waals surface area contributed by atoms with Gasteiger partial charge in [0.2, 0.25) is 0 Å². The molecule has 0 aromatic carbocycles. The second-order valence-corrected chi connectivity index (χ2v) is 8.37. The van der Waals surface area contributed by atoms with E-state index in [2.05, 4.69) is 19.8 Å². The molecule has 8 nitrogen and oxygen atoms in total. The summed E-state index contributed by atoms with van der Waals surface area (Å²) in [6.07, 6.45) is 4.37. The van der Waals surface area contributed by atoms with Gasteiger partial charge in [-0.1, -0.05) is 0 Å². The summed E-state index contributed by atoms with van der Waals surface area (Å²) in [6.45, 7) is 4.92. The number of allylic oxidation sites excluding steroid dienone is 1. The highest BCUT2D eigenvalue weighted by atomic mass is 32.1. The van der Waals surface area contributed by atoms with E-state index in [4.69, 9.17) is 9.47 Å². The minimum absolute atomic E-state index is 0.158. The molecular weight excluding hydrogens is 392 g/mol. The maximum absolute atomic E-state index is 12.5. The molecular formula is C20H26N4O4S. The molecule has 0 amide bonds. The third-order valence-electron chi connectivity index (χ3n) is 5.71. The number of carbonyl (C=O) groups is 2. The summed E-state index contributed by atoms with van der Waals surface area (Å²) in [4.78, 5) is 38.0. The number of hydrogen-bond donors (Lipinski definition) is 0. The molecule has 1 aromatic heterocycles. The maximum Gasteiger partial charge on any atom is 0.337 e. The van der Waals surface area contributed by atoms with Crippen molar-refractivity contribution >= 4 is 29.1 Å². The minimum Gasteiger partial charge on any atom is -0.468 e. The van der Waals surface area contributed by atoms with Crippen molar-refractivity contribution in [2.75, 3.05) is 39.9 Å². The van der Waals surface area contributed by atoms with E-state index < -0.39 is 0 Å². The van der Waals surface area contributed by atoms with Crippen LogP contribution in [0.15, 0.2) is 27.8 Å². The van der Waals surface area contributed by atoms with Crippen molar-refractivity contribution in [1.29, 1.82) is 0 Å². The fourth-order valence-corrected chi connectivity index (χ4v) is 5.12. The molecule has 29 heavy (non-hydrogen) atoms. The molecule has 0 radical (unpaired) electrons. The minimum atomic E-state index is -0.288. The molecule has 2 fully saturated rings. The van der Waals surface area contributed by atoms with Gasteiger partial charge in [-0.2, -0.15) is 0 Å². The van der Waals surface area contributed by atoms with Gasteiger partial charge in [0, 0.05) is 30.4 Å². The number of nitrogens with zero attached hydrogens (tertiary/aromatic N) is 4. The van der Waals surface area contributed by atoms with Crippen molar-refractivity contribution in [3.8, 4) is 0 Å². The van der Waals surface area contributed by atoms with Gasteiger partial charge in [-0.05, 0) is 38.6 Å². The highest BCUT2D eigenvalue weighted by Gasteiger charge is 2.40. The van der Waals surface area contributed by atoms with Gasteiger partial charge in [-0.15, -0.1) is 11.3 Å². The van der Waals surface area contributed by atoms with Crippen LogP contribution in [0.25, 0.3) is 0 Å². The van der Waals surface area contributed by atoms with E-state index in [0.29, 0.717) is 24.6 Å². The van der Waals surface area contributed by atoms with Crippen LogP contribution in [0.1, 0.15) is 31.2 Å². The van der Waals surface area contributed by atoms with Gasteiger partial charge < -0.3 is 14.4 Å². The third-order valence-corrected chi connectivity index (χ3v) is 6.48. The van der Waals surface area contributed by atoms with Gasteiger partial charge in [-0.25, -0.2) is 9.78 Å². The molecule has 3 aliphatic rings. The Morgan fingerprint density at radius 2 is 2.24 bits per heavy atom. The first kappa shape index (κ1) is 20.0. The lowest BCUT2D eigenvalue weighted by Crippen LogP contribution is -2.40. The van der Waals surface area contributed by atoms with E-state index in [-0.39, 0.29) is 18.0 Å². The topological polar surface area (TPSA) is 84.3 Å². The number of rotatable bonds is 6. The SMILES string of the molecule is CCOC(=O)C1=C2CC(CN3CCCC3C(=O)OC)CN2C(c2nccs2)=NC1. The normalized spacial score (nSPS) is 24.5. The summed E-state index contributed by atoms with van der Waals surface area (Å²) in [5.41, 5.74) is 1.63. The van der Waals surface area contributed by atoms with E-state index >= 15 is 0 Å². The number of carbonyl (C=O) groups excluding carboxylic acids is 2. The second kappa shape index (κ2) is 8.62. The lowest BCUT2D eigenvalue weighted by atomic mass is 10.0. The molecule has 4 rings (SSSR count). The Bertz CT molecular complexity index is 836. The van der Waals surface area contributed by atoms with Crippen molar-refractivity contribution in [3.05, 3.63) is 27.9 Å². The van der Waals surface area contributed by atoms with Crippen LogP contribution >= 0.6 is 11.3 Å². The fourth-order valence-electron chi connectivity index (χ4n) is 4.47. The Hall–Kier alpha value is -2.26. The van der Waals surface area contributed by atoms with Gasteiger partial charge in [0.05, 0.1) is 25.8 Å². The van der Waals surface area contributed by atoms with Crippen molar-refractivity contribution in [2.24, 2.45) is 10.9 Å². The number of amidine groups is 1. The van der Waals surface area contributed by atoms with Crippen LogP contribution in [0.3, 0.4) is 0 Å². The molecule has 0 spiro atoms. The molecule has 4 heterocycles. The number of ether oxygens (including phenoxy) is 2. The lowest BCUT2D eigenvalue weighted by molar-refractivity contribution is -0.146. The van der Waals surface area contributed by atoms with Gasteiger partial charge >= 0.3 is 11.9 Å². The first-order chi connectivity index (χ1) is 14.1. The van der Waals surface area contributed by atoms with Crippen LogP contribution in [0.5, 0.6) is 0 Å². The standard InChI is InChI=1S/C20H26N4O4S/c1-3-28-19(25)14-10-22-17(18-21-6-8-29-18)24-12-13(9-16(14)24)11-23-7-4-5-15(23)20(26)27-2/h6,8,13,15H,3-5,7,9-12H2,1-2H3. The summed E-state index contributed by atoms with van der Waals surface area (Å²) in [5.74, 6) is 0.679. The van der Waals surface area contributed by atoms with Crippen LogP contribution in [-0.4, -0.2) is 78.5 Å². The molecule has 2 unspecified atom stereocenters. The third kappa shape index (κ3) is 3.93. The average Bonchev–Trinajstić information content (AvgIpc) is 3.47. The monoisotopic (exact) mass is 418 g/mol. The smallest absolute Gasteiger partial charge is 0.337 e. The molecule has 2 saturated heterocycles. The van der Waals surface area contributed by atoms with E-state index in [1.807, 2.05) is 12.3 Å². The summed E-state index contributed by atoms with van der Waals surface area (Å²) in [6, 6.07) is -0.164. The number of fused-ring (bicyclic) bond motifs is 1. The fraction of sp³-hybridized carbons (Fsp3) is 0.600. The average molecular weight is 419 g/mol. The first-order valence-corrected chi connectivity index (χ1v) is 10.9. The number of likely N-dealkylation sites (tertiary alicyclic amines) is 1. The molecule has 3 aliphatic heterocycles. The molecule has 156 valence electrons. The zero-order valence-electron chi connectivity index (χ0n) is 16.8. The van der Waals surface area contributed by atoms with E-state index in [0.717, 1.165) is 55.4 Å². The van der Waals surface area contributed by atoms with Crippen LogP contribution in [0.2, 0.25) is 0 Å². The van der Waals surface area contributed by atoms with Crippen LogP contribution < -0.4 is 0 Å². The molecule has 0 aliphatic carbocycles. The van der Waals surface area contributed by atoms with Crippen molar-refractivity contribution in [1.82, 2.24) is 14.8 Å². The number of esters is 2. The van der Waals surface area contributed by atoms with Crippen LogP contribution in [-0.2, 0) is 19.1 Å². The van der Waals surface area contributed by atoms with E-state index in [1.165, 1.54) is 7.11 Å². The zero-order valence-corrected chi connectivity index (χ0v) is 17.6. The molecule has 0 N–H and O–H groups in total. The van der Waals surface area contributed by atoms with Gasteiger partial charge in [0.15, 0.2) is 10.8 Å². The second-order valence-electron chi connectivity index (χ2n) is 7.48.